The minimum atomic E-state index is -0.258. The Morgan fingerprint density at radius 2 is 1.93 bits per heavy atom. The van der Waals surface area contributed by atoms with Crippen molar-refractivity contribution in [1.29, 1.82) is 0 Å². The molecule has 0 fully saturated rings. The third-order valence-electron chi connectivity index (χ3n) is 4.24. The van der Waals surface area contributed by atoms with E-state index in [0.717, 1.165) is 35.6 Å². The molecule has 3 rings (SSSR count). The molecule has 27 heavy (non-hydrogen) atoms. The van der Waals surface area contributed by atoms with Crippen LogP contribution in [0.5, 0.6) is 11.5 Å². The molecule has 0 aliphatic carbocycles. The van der Waals surface area contributed by atoms with Gasteiger partial charge in [-0.15, -0.1) is 0 Å². The summed E-state index contributed by atoms with van der Waals surface area (Å²) in [5.41, 5.74) is 2.66. The van der Waals surface area contributed by atoms with Crippen LogP contribution in [0, 0.1) is 5.82 Å². The minimum Gasteiger partial charge on any atom is -0.454 e. The number of methoxy groups -OCH3 is 1. The van der Waals surface area contributed by atoms with E-state index in [1.165, 1.54) is 6.07 Å². The van der Waals surface area contributed by atoms with Crippen molar-refractivity contribution in [3.05, 3.63) is 58.9 Å². The van der Waals surface area contributed by atoms with Gasteiger partial charge in [-0.25, -0.2) is 4.39 Å². The second-order valence-electron chi connectivity index (χ2n) is 6.15. The van der Waals surface area contributed by atoms with Crippen LogP contribution >= 0.6 is 0 Å². The molecule has 0 radical (unpaired) electrons. The molecule has 7 heteroatoms. The highest BCUT2D eigenvalue weighted by Gasteiger charge is 2.13. The van der Waals surface area contributed by atoms with Crippen molar-refractivity contribution in [3.63, 3.8) is 0 Å². The van der Waals surface area contributed by atoms with E-state index in [9.17, 15) is 4.39 Å². The Labute approximate surface area is 158 Å². The lowest BCUT2D eigenvalue weighted by Crippen LogP contribution is -2.37. The summed E-state index contributed by atoms with van der Waals surface area (Å²) in [6, 6.07) is 11.0. The number of nitrogens with zero attached hydrogens (tertiary/aromatic N) is 1. The van der Waals surface area contributed by atoms with E-state index in [0.29, 0.717) is 18.1 Å². The molecular formula is C20H24FN3O3. The molecule has 0 unspecified atom stereocenters. The number of benzene rings is 2. The zero-order chi connectivity index (χ0) is 19.1. The fourth-order valence-electron chi connectivity index (χ4n) is 2.83. The zero-order valence-corrected chi connectivity index (χ0v) is 15.5. The second-order valence-corrected chi connectivity index (χ2v) is 6.15. The summed E-state index contributed by atoms with van der Waals surface area (Å²) in [5.74, 6) is 2.01. The lowest BCUT2D eigenvalue weighted by atomic mass is 10.1. The van der Waals surface area contributed by atoms with Gasteiger partial charge in [-0.1, -0.05) is 12.1 Å². The normalized spacial score (nSPS) is 12.9. The Kier molecular flexibility index (Phi) is 6.49. The van der Waals surface area contributed by atoms with Crippen LogP contribution in [0.15, 0.2) is 41.4 Å². The summed E-state index contributed by atoms with van der Waals surface area (Å²) in [6.07, 6.45) is 0.825. The first-order valence-corrected chi connectivity index (χ1v) is 8.79. The number of guanidine groups is 1. The lowest BCUT2D eigenvalue weighted by molar-refractivity contribution is 0.174. The van der Waals surface area contributed by atoms with Crippen LogP contribution in [0.25, 0.3) is 0 Å². The molecule has 2 N–H and O–H groups in total. The largest absolute Gasteiger partial charge is 0.454 e. The highest BCUT2D eigenvalue weighted by Crippen LogP contribution is 2.32. The molecule has 0 spiro atoms. The van der Waals surface area contributed by atoms with Crippen molar-refractivity contribution in [2.24, 2.45) is 4.99 Å². The molecule has 0 atom stereocenters. The molecule has 0 bridgehead atoms. The van der Waals surface area contributed by atoms with Gasteiger partial charge in [-0.2, -0.15) is 0 Å². The number of hydrogen-bond donors (Lipinski definition) is 2. The molecule has 1 aliphatic heterocycles. The van der Waals surface area contributed by atoms with Gasteiger partial charge >= 0.3 is 0 Å². The molecule has 0 amide bonds. The SMILES string of the molecule is CN=C(NCCc1ccc2c(c1)OCO2)NCc1ccc(F)c(COC)c1. The first-order valence-electron chi connectivity index (χ1n) is 8.79. The van der Waals surface area contributed by atoms with Gasteiger partial charge in [-0.3, -0.25) is 4.99 Å². The van der Waals surface area contributed by atoms with Crippen molar-refractivity contribution in [2.75, 3.05) is 27.5 Å². The summed E-state index contributed by atoms with van der Waals surface area (Å²) >= 11 is 0. The second kappa shape index (κ2) is 9.23. The Bertz CT molecular complexity index is 811. The average molecular weight is 373 g/mol. The lowest BCUT2D eigenvalue weighted by Gasteiger charge is -2.13. The monoisotopic (exact) mass is 373 g/mol. The van der Waals surface area contributed by atoms with Gasteiger partial charge in [0.25, 0.3) is 0 Å². The van der Waals surface area contributed by atoms with Crippen LogP contribution in [-0.4, -0.2) is 33.5 Å². The van der Waals surface area contributed by atoms with Gasteiger partial charge in [0.15, 0.2) is 17.5 Å². The fourth-order valence-corrected chi connectivity index (χ4v) is 2.83. The van der Waals surface area contributed by atoms with Crippen molar-refractivity contribution < 1.29 is 18.6 Å². The van der Waals surface area contributed by atoms with Crippen molar-refractivity contribution in [2.45, 2.75) is 19.6 Å². The van der Waals surface area contributed by atoms with Gasteiger partial charge in [-0.05, 0) is 41.8 Å². The van der Waals surface area contributed by atoms with Crippen LogP contribution < -0.4 is 20.1 Å². The third kappa shape index (κ3) is 5.10. The van der Waals surface area contributed by atoms with E-state index in [4.69, 9.17) is 14.2 Å². The Morgan fingerprint density at radius 3 is 2.74 bits per heavy atom. The van der Waals surface area contributed by atoms with E-state index in [-0.39, 0.29) is 19.2 Å². The topological polar surface area (TPSA) is 64.1 Å². The third-order valence-corrected chi connectivity index (χ3v) is 4.24. The molecule has 2 aromatic carbocycles. The molecule has 0 saturated carbocycles. The number of hydrogen-bond acceptors (Lipinski definition) is 4. The molecule has 6 nitrogen and oxygen atoms in total. The van der Waals surface area contributed by atoms with Crippen molar-refractivity contribution in [1.82, 2.24) is 10.6 Å². The number of aliphatic imine (C=N–C) groups is 1. The van der Waals surface area contributed by atoms with Gasteiger partial charge < -0.3 is 24.8 Å². The molecule has 0 saturated heterocycles. The highest BCUT2D eigenvalue weighted by molar-refractivity contribution is 5.79. The zero-order valence-electron chi connectivity index (χ0n) is 15.5. The fraction of sp³-hybridized carbons (Fsp3) is 0.350. The van der Waals surface area contributed by atoms with Crippen LogP contribution in [-0.2, 0) is 24.3 Å². The highest BCUT2D eigenvalue weighted by atomic mass is 19.1. The number of rotatable bonds is 7. The first kappa shape index (κ1) is 19.0. The maximum absolute atomic E-state index is 13.7. The number of halogens is 1. The summed E-state index contributed by atoms with van der Waals surface area (Å²) in [6.45, 7) is 1.80. The molecular weight excluding hydrogens is 349 g/mol. The van der Waals surface area contributed by atoms with Crippen molar-refractivity contribution >= 4 is 5.96 Å². The molecule has 0 aromatic heterocycles. The summed E-state index contributed by atoms with van der Waals surface area (Å²) in [5, 5.41) is 6.51. The van der Waals surface area contributed by atoms with E-state index < -0.39 is 0 Å². The molecule has 1 aliphatic rings. The average Bonchev–Trinajstić information content (AvgIpc) is 3.15. The van der Waals surface area contributed by atoms with Crippen LogP contribution in [0.3, 0.4) is 0 Å². The standard InChI is InChI=1S/C20H24FN3O3/c1-22-20(24-11-15-3-5-17(21)16(9-15)12-25-2)23-8-7-14-4-6-18-19(10-14)27-13-26-18/h3-6,9-10H,7-8,11-13H2,1-2H3,(H2,22,23,24). The summed E-state index contributed by atoms with van der Waals surface area (Å²) in [4.78, 5) is 4.22. The number of nitrogens with one attached hydrogen (secondary N) is 2. The van der Waals surface area contributed by atoms with Gasteiger partial charge in [0.2, 0.25) is 6.79 Å². The van der Waals surface area contributed by atoms with Gasteiger partial charge in [0.05, 0.1) is 6.61 Å². The van der Waals surface area contributed by atoms with E-state index in [1.54, 1.807) is 26.3 Å². The predicted octanol–water partition coefficient (Wildman–Crippen LogP) is 2.61. The Morgan fingerprint density at radius 1 is 1.11 bits per heavy atom. The Hall–Kier alpha value is -2.80. The predicted molar refractivity (Wildman–Crippen MR) is 102 cm³/mol. The minimum absolute atomic E-state index is 0.252. The maximum atomic E-state index is 13.7. The smallest absolute Gasteiger partial charge is 0.231 e. The van der Waals surface area contributed by atoms with Crippen LogP contribution in [0.4, 0.5) is 4.39 Å². The van der Waals surface area contributed by atoms with Crippen molar-refractivity contribution in [3.8, 4) is 11.5 Å². The van der Waals surface area contributed by atoms with E-state index in [1.807, 2.05) is 18.2 Å². The molecule has 2 aromatic rings. The maximum Gasteiger partial charge on any atom is 0.231 e. The first-order chi connectivity index (χ1) is 13.2. The van der Waals surface area contributed by atoms with Gasteiger partial charge in [0.1, 0.15) is 5.82 Å². The Balaban J connectivity index is 1.47. The van der Waals surface area contributed by atoms with E-state index in [2.05, 4.69) is 15.6 Å². The van der Waals surface area contributed by atoms with Crippen LogP contribution in [0.1, 0.15) is 16.7 Å². The molecule has 144 valence electrons. The van der Waals surface area contributed by atoms with Crippen LogP contribution in [0.2, 0.25) is 0 Å². The summed E-state index contributed by atoms with van der Waals surface area (Å²) < 4.78 is 29.4. The number of fused-ring (bicyclic) bond motifs is 1. The number of ether oxygens (including phenoxy) is 3. The summed E-state index contributed by atoms with van der Waals surface area (Å²) in [7, 11) is 3.27. The molecule has 1 heterocycles. The quantitative estimate of drug-likeness (QED) is 0.577. The van der Waals surface area contributed by atoms with E-state index >= 15 is 0 Å². The van der Waals surface area contributed by atoms with Gasteiger partial charge in [0, 0.05) is 32.8 Å².